The second-order valence-corrected chi connectivity index (χ2v) is 4.51. The van der Waals surface area contributed by atoms with Gasteiger partial charge in [0, 0.05) is 18.6 Å². The first-order chi connectivity index (χ1) is 8.11. The maximum atomic E-state index is 13.1. The lowest BCUT2D eigenvalue weighted by atomic mass is 10.2. The summed E-state index contributed by atoms with van der Waals surface area (Å²) in [5, 5.41) is 0. The largest absolute Gasteiger partial charge is 0.491 e. The SMILES string of the molecule is CC(C)COCCOc1cc(F)cc(CCl)c1. The van der Waals surface area contributed by atoms with Crippen LogP contribution in [0.1, 0.15) is 19.4 Å². The Bertz CT molecular complexity index is 342. The van der Waals surface area contributed by atoms with E-state index in [0.29, 0.717) is 37.1 Å². The van der Waals surface area contributed by atoms with Gasteiger partial charge in [-0.05, 0) is 23.6 Å². The van der Waals surface area contributed by atoms with Crippen molar-refractivity contribution < 1.29 is 13.9 Å². The predicted molar refractivity (Wildman–Crippen MR) is 67.1 cm³/mol. The van der Waals surface area contributed by atoms with Gasteiger partial charge in [-0.3, -0.25) is 0 Å². The van der Waals surface area contributed by atoms with Crippen LogP contribution < -0.4 is 4.74 Å². The summed E-state index contributed by atoms with van der Waals surface area (Å²) in [6.07, 6.45) is 0. The summed E-state index contributed by atoms with van der Waals surface area (Å²) in [4.78, 5) is 0. The lowest BCUT2D eigenvalue weighted by Crippen LogP contribution is -2.10. The minimum atomic E-state index is -0.332. The molecule has 0 aliphatic carbocycles. The van der Waals surface area contributed by atoms with Gasteiger partial charge in [-0.25, -0.2) is 4.39 Å². The van der Waals surface area contributed by atoms with Crippen molar-refractivity contribution in [2.45, 2.75) is 19.7 Å². The molecule has 2 nitrogen and oxygen atoms in total. The lowest BCUT2D eigenvalue weighted by Gasteiger charge is -2.09. The number of hydrogen-bond donors (Lipinski definition) is 0. The molecule has 0 aromatic heterocycles. The number of alkyl halides is 1. The monoisotopic (exact) mass is 260 g/mol. The van der Waals surface area contributed by atoms with Crippen LogP contribution in [-0.4, -0.2) is 19.8 Å². The van der Waals surface area contributed by atoms with Gasteiger partial charge in [0.05, 0.1) is 6.61 Å². The number of rotatable bonds is 7. The molecule has 0 amide bonds. The molecule has 0 radical (unpaired) electrons. The molecule has 0 aliphatic rings. The van der Waals surface area contributed by atoms with Gasteiger partial charge in [-0.2, -0.15) is 0 Å². The fourth-order valence-electron chi connectivity index (χ4n) is 1.32. The first-order valence-electron chi connectivity index (χ1n) is 5.67. The van der Waals surface area contributed by atoms with Crippen LogP contribution in [0.2, 0.25) is 0 Å². The van der Waals surface area contributed by atoms with Crippen LogP contribution in [0.5, 0.6) is 5.75 Å². The van der Waals surface area contributed by atoms with E-state index in [0.717, 1.165) is 0 Å². The maximum absolute atomic E-state index is 13.1. The number of benzene rings is 1. The standard InChI is InChI=1S/C13H18ClFO2/c1-10(2)9-16-3-4-17-13-6-11(8-14)5-12(15)7-13/h5-7,10H,3-4,8-9H2,1-2H3. The Kier molecular flexibility index (Phi) is 6.30. The Morgan fingerprint density at radius 2 is 2.00 bits per heavy atom. The van der Waals surface area contributed by atoms with E-state index in [2.05, 4.69) is 13.8 Å². The summed E-state index contributed by atoms with van der Waals surface area (Å²) in [7, 11) is 0. The predicted octanol–water partition coefficient (Wildman–Crippen LogP) is 3.62. The Labute approximate surface area is 107 Å². The van der Waals surface area contributed by atoms with Crippen molar-refractivity contribution in [1.82, 2.24) is 0 Å². The first kappa shape index (κ1) is 14.3. The molecule has 0 saturated carbocycles. The summed E-state index contributed by atoms with van der Waals surface area (Å²) < 4.78 is 23.9. The Hall–Kier alpha value is -0.800. The van der Waals surface area contributed by atoms with Gasteiger partial charge in [0.15, 0.2) is 0 Å². The van der Waals surface area contributed by atoms with Crippen LogP contribution >= 0.6 is 11.6 Å². The maximum Gasteiger partial charge on any atom is 0.127 e. The highest BCUT2D eigenvalue weighted by molar-refractivity contribution is 6.17. The number of halogens is 2. The number of hydrogen-bond acceptors (Lipinski definition) is 2. The van der Waals surface area contributed by atoms with Crippen molar-refractivity contribution in [1.29, 1.82) is 0 Å². The third kappa shape index (κ3) is 5.89. The van der Waals surface area contributed by atoms with E-state index in [1.165, 1.54) is 12.1 Å². The summed E-state index contributed by atoms with van der Waals surface area (Å²) in [5.41, 5.74) is 0.713. The molecule has 0 heterocycles. The van der Waals surface area contributed by atoms with E-state index in [1.807, 2.05) is 0 Å². The third-order valence-corrected chi connectivity index (χ3v) is 2.34. The molecule has 1 aromatic rings. The highest BCUT2D eigenvalue weighted by Crippen LogP contribution is 2.17. The van der Waals surface area contributed by atoms with Gasteiger partial charge in [0.25, 0.3) is 0 Å². The van der Waals surface area contributed by atoms with Gasteiger partial charge in [0.2, 0.25) is 0 Å². The van der Waals surface area contributed by atoms with Gasteiger partial charge in [0.1, 0.15) is 18.2 Å². The average Bonchev–Trinajstić information content (AvgIpc) is 2.27. The van der Waals surface area contributed by atoms with Gasteiger partial charge >= 0.3 is 0 Å². The van der Waals surface area contributed by atoms with E-state index in [4.69, 9.17) is 21.1 Å². The molecule has 0 bridgehead atoms. The average molecular weight is 261 g/mol. The minimum Gasteiger partial charge on any atom is -0.491 e. The Morgan fingerprint density at radius 1 is 1.24 bits per heavy atom. The van der Waals surface area contributed by atoms with Crippen molar-refractivity contribution in [3.8, 4) is 5.75 Å². The quantitative estimate of drug-likeness (QED) is 0.551. The molecule has 4 heteroatoms. The molecule has 0 N–H and O–H groups in total. The molecule has 0 fully saturated rings. The topological polar surface area (TPSA) is 18.5 Å². The normalized spacial score (nSPS) is 10.9. The van der Waals surface area contributed by atoms with Gasteiger partial charge in [-0.15, -0.1) is 11.6 Å². The summed E-state index contributed by atoms with van der Waals surface area (Å²) in [6, 6.07) is 4.48. The summed E-state index contributed by atoms with van der Waals surface area (Å²) in [6.45, 7) is 5.79. The van der Waals surface area contributed by atoms with Crippen molar-refractivity contribution in [3.63, 3.8) is 0 Å². The molecule has 1 rings (SSSR count). The molecular weight excluding hydrogens is 243 g/mol. The smallest absolute Gasteiger partial charge is 0.127 e. The van der Waals surface area contributed by atoms with Crippen molar-refractivity contribution in [3.05, 3.63) is 29.6 Å². The van der Waals surface area contributed by atoms with E-state index in [1.54, 1.807) is 6.07 Å². The molecule has 0 aliphatic heterocycles. The van der Waals surface area contributed by atoms with Crippen molar-refractivity contribution >= 4 is 11.6 Å². The molecule has 17 heavy (non-hydrogen) atoms. The molecule has 0 unspecified atom stereocenters. The molecule has 1 aromatic carbocycles. The molecule has 0 saturated heterocycles. The second-order valence-electron chi connectivity index (χ2n) is 4.25. The number of ether oxygens (including phenoxy) is 2. The molecular formula is C13H18ClFO2. The van der Waals surface area contributed by atoms with Crippen LogP contribution in [0.25, 0.3) is 0 Å². The first-order valence-corrected chi connectivity index (χ1v) is 6.21. The summed E-state index contributed by atoms with van der Waals surface area (Å²) in [5.74, 6) is 0.944. The molecule has 0 atom stereocenters. The van der Waals surface area contributed by atoms with Crippen LogP contribution in [0.3, 0.4) is 0 Å². The van der Waals surface area contributed by atoms with Crippen LogP contribution in [0.15, 0.2) is 18.2 Å². The van der Waals surface area contributed by atoms with Crippen LogP contribution in [-0.2, 0) is 10.6 Å². The molecule has 0 spiro atoms. The van der Waals surface area contributed by atoms with Crippen molar-refractivity contribution in [2.24, 2.45) is 5.92 Å². The van der Waals surface area contributed by atoms with E-state index >= 15 is 0 Å². The highest BCUT2D eigenvalue weighted by Gasteiger charge is 2.01. The second kappa shape index (κ2) is 7.51. The highest BCUT2D eigenvalue weighted by atomic mass is 35.5. The fraction of sp³-hybridized carbons (Fsp3) is 0.538. The van der Waals surface area contributed by atoms with Crippen LogP contribution in [0.4, 0.5) is 4.39 Å². The van der Waals surface area contributed by atoms with E-state index < -0.39 is 0 Å². The zero-order valence-corrected chi connectivity index (χ0v) is 11.0. The Balaban J connectivity index is 2.33. The Morgan fingerprint density at radius 3 is 2.65 bits per heavy atom. The summed E-state index contributed by atoms with van der Waals surface area (Å²) >= 11 is 5.64. The van der Waals surface area contributed by atoms with E-state index in [-0.39, 0.29) is 11.7 Å². The third-order valence-electron chi connectivity index (χ3n) is 2.03. The van der Waals surface area contributed by atoms with Crippen LogP contribution in [0, 0.1) is 11.7 Å². The van der Waals surface area contributed by atoms with E-state index in [9.17, 15) is 4.39 Å². The molecule has 96 valence electrons. The van der Waals surface area contributed by atoms with Gasteiger partial charge < -0.3 is 9.47 Å². The lowest BCUT2D eigenvalue weighted by molar-refractivity contribution is 0.0818. The van der Waals surface area contributed by atoms with Crippen molar-refractivity contribution in [2.75, 3.05) is 19.8 Å². The van der Waals surface area contributed by atoms with Gasteiger partial charge in [-0.1, -0.05) is 13.8 Å². The minimum absolute atomic E-state index is 0.276. The zero-order chi connectivity index (χ0) is 12.7. The fourth-order valence-corrected chi connectivity index (χ4v) is 1.47. The zero-order valence-electron chi connectivity index (χ0n) is 10.2.